The van der Waals surface area contributed by atoms with Crippen LogP contribution in [0.5, 0.6) is 5.75 Å². The van der Waals surface area contributed by atoms with Crippen LogP contribution in [0.25, 0.3) is 22.2 Å². The molecular formula is C32H27F4N5O4. The fourth-order valence-electron chi connectivity index (χ4n) is 6.04. The molecule has 0 spiro atoms. The smallest absolute Gasteiger partial charge is 0.424 e. The Bertz CT molecular complexity index is 1860. The van der Waals surface area contributed by atoms with Gasteiger partial charge in [-0.05, 0) is 86.2 Å². The van der Waals surface area contributed by atoms with Crippen molar-refractivity contribution in [1.82, 2.24) is 20.5 Å². The Morgan fingerprint density at radius 3 is 2.40 bits per heavy atom. The Morgan fingerprint density at radius 2 is 1.76 bits per heavy atom. The highest BCUT2D eigenvalue weighted by atomic mass is 19.4. The predicted molar refractivity (Wildman–Crippen MR) is 153 cm³/mol. The van der Waals surface area contributed by atoms with Crippen LogP contribution in [0.15, 0.2) is 54.6 Å². The number of nitrogens with one attached hydrogen (secondary N) is 1. The van der Waals surface area contributed by atoms with Crippen LogP contribution < -0.4 is 15.8 Å². The van der Waals surface area contributed by atoms with Gasteiger partial charge in [0.15, 0.2) is 0 Å². The molecule has 2 amide bonds. The number of hydrogen-bond acceptors (Lipinski definition) is 7. The predicted octanol–water partition coefficient (Wildman–Crippen LogP) is 4.41. The third-order valence-electron chi connectivity index (χ3n) is 8.99. The van der Waals surface area contributed by atoms with Crippen molar-refractivity contribution in [3.8, 4) is 17.0 Å². The van der Waals surface area contributed by atoms with Gasteiger partial charge in [0.25, 0.3) is 5.91 Å². The summed E-state index contributed by atoms with van der Waals surface area (Å²) in [6.45, 7) is -1.50. The third kappa shape index (κ3) is 4.85. The number of fused-ring (bicyclic) bond motifs is 2. The van der Waals surface area contributed by atoms with Crippen molar-refractivity contribution in [1.29, 1.82) is 0 Å². The highest BCUT2D eigenvalue weighted by Gasteiger charge is 2.60. The van der Waals surface area contributed by atoms with Crippen molar-refractivity contribution >= 4 is 22.7 Å². The lowest BCUT2D eigenvalue weighted by Crippen LogP contribution is -2.52. The minimum atomic E-state index is -5.33. The van der Waals surface area contributed by atoms with Crippen LogP contribution >= 0.6 is 0 Å². The molecule has 13 heteroatoms. The zero-order valence-corrected chi connectivity index (χ0v) is 23.7. The van der Waals surface area contributed by atoms with Gasteiger partial charge in [-0.1, -0.05) is 0 Å². The second-order valence-corrected chi connectivity index (χ2v) is 12.0. The Labute approximate surface area is 253 Å². The van der Waals surface area contributed by atoms with E-state index in [-0.39, 0.29) is 40.7 Å². The monoisotopic (exact) mass is 621 g/mol. The SMILES string of the molecule is NC(=O)[C@@]1(C2CC2)COc2c1cc([C@@](O)(CNC(=O)c1ccc3nnc(C4CC4)cc3c1)C(F)(F)F)nc2-c1ccc(F)cc1. The largest absolute Gasteiger partial charge is 0.489 e. The van der Waals surface area contributed by atoms with Crippen LogP contribution in [0.4, 0.5) is 17.6 Å². The van der Waals surface area contributed by atoms with Crippen molar-refractivity contribution in [2.45, 2.75) is 48.8 Å². The number of amides is 2. The first-order valence-corrected chi connectivity index (χ1v) is 14.5. The average molecular weight is 622 g/mol. The van der Waals surface area contributed by atoms with Crippen LogP contribution in [0.2, 0.25) is 0 Å². The summed E-state index contributed by atoms with van der Waals surface area (Å²) in [5.41, 5.74) is 1.35. The van der Waals surface area contributed by atoms with Crippen LogP contribution in [0.3, 0.4) is 0 Å². The Hall–Kier alpha value is -4.65. The average Bonchev–Trinajstić information content (AvgIpc) is 3.96. The topological polar surface area (TPSA) is 140 Å². The van der Waals surface area contributed by atoms with Crippen LogP contribution in [0.1, 0.15) is 58.9 Å². The number of rotatable bonds is 8. The number of carbonyl (C=O) groups excluding carboxylic acids is 2. The number of halogens is 4. The zero-order valence-electron chi connectivity index (χ0n) is 23.7. The van der Waals surface area contributed by atoms with Gasteiger partial charge in [0, 0.05) is 28.0 Å². The van der Waals surface area contributed by atoms with Crippen molar-refractivity contribution in [3.63, 3.8) is 0 Å². The van der Waals surface area contributed by atoms with Gasteiger partial charge in [-0.25, -0.2) is 9.37 Å². The second-order valence-electron chi connectivity index (χ2n) is 12.0. The van der Waals surface area contributed by atoms with Gasteiger partial charge in [-0.3, -0.25) is 9.59 Å². The van der Waals surface area contributed by atoms with Crippen molar-refractivity contribution in [2.24, 2.45) is 11.7 Å². The third-order valence-corrected chi connectivity index (χ3v) is 8.99. The molecule has 2 saturated carbocycles. The van der Waals surface area contributed by atoms with E-state index in [1.165, 1.54) is 24.3 Å². The van der Waals surface area contributed by atoms with Crippen molar-refractivity contribution in [3.05, 3.63) is 82.9 Å². The number of nitrogens with two attached hydrogens (primary N) is 1. The summed E-state index contributed by atoms with van der Waals surface area (Å²) in [7, 11) is 0. The molecule has 232 valence electrons. The molecule has 0 bridgehead atoms. The standard InChI is InChI=1S/C32H27F4N5O4/c33-21-8-3-17(4-9-21)26-27-22(30(15-45-27,29(37)43)20-6-7-20)13-25(39-26)31(44,32(34,35)36)14-38-28(42)18-5-10-23-19(11-18)12-24(41-40-23)16-1-2-16/h3-5,8-13,16,20,44H,1-2,6-7,14-15H2,(H2,37,43)(H,38,42)/t30-,31+/m1/s1. The second kappa shape index (κ2) is 10.2. The number of aliphatic hydroxyl groups is 1. The normalized spacial score (nSPS) is 20.7. The molecule has 4 N–H and O–H groups in total. The molecule has 45 heavy (non-hydrogen) atoms. The van der Waals surface area contributed by atoms with Gasteiger partial charge in [0.1, 0.15) is 29.3 Å². The zero-order chi connectivity index (χ0) is 31.7. The molecule has 2 fully saturated rings. The summed E-state index contributed by atoms with van der Waals surface area (Å²) in [6, 6.07) is 12.1. The molecule has 3 aliphatic rings. The van der Waals surface area contributed by atoms with E-state index in [1.807, 2.05) is 0 Å². The number of aromatic nitrogens is 3. The summed E-state index contributed by atoms with van der Waals surface area (Å²) >= 11 is 0. The van der Waals surface area contributed by atoms with Gasteiger partial charge >= 0.3 is 6.18 Å². The lowest BCUT2D eigenvalue weighted by molar-refractivity contribution is -0.265. The minimum Gasteiger partial charge on any atom is -0.489 e. The summed E-state index contributed by atoms with van der Waals surface area (Å²) < 4.78 is 64.0. The summed E-state index contributed by atoms with van der Waals surface area (Å²) in [4.78, 5) is 30.2. The van der Waals surface area contributed by atoms with Gasteiger partial charge in [0.2, 0.25) is 11.5 Å². The van der Waals surface area contributed by atoms with Crippen LogP contribution in [-0.2, 0) is 15.8 Å². The van der Waals surface area contributed by atoms with E-state index in [2.05, 4.69) is 20.5 Å². The summed E-state index contributed by atoms with van der Waals surface area (Å²) in [5.74, 6) is -2.16. The van der Waals surface area contributed by atoms with E-state index in [4.69, 9.17) is 10.5 Å². The molecule has 1 aliphatic heterocycles. The lowest BCUT2D eigenvalue weighted by atomic mass is 9.76. The number of pyridine rings is 1. The number of ether oxygens (including phenoxy) is 1. The van der Waals surface area contributed by atoms with E-state index < -0.39 is 47.1 Å². The molecule has 9 nitrogen and oxygen atoms in total. The van der Waals surface area contributed by atoms with Gasteiger partial charge in [-0.15, -0.1) is 0 Å². The number of benzene rings is 2. The van der Waals surface area contributed by atoms with Crippen LogP contribution in [-0.4, -0.2) is 51.4 Å². The first-order valence-electron chi connectivity index (χ1n) is 14.5. The maximum atomic E-state index is 14.8. The highest BCUT2D eigenvalue weighted by Crippen LogP contribution is 2.56. The minimum absolute atomic E-state index is 0.0365. The molecule has 3 heterocycles. The Kier molecular flexibility index (Phi) is 6.59. The molecule has 2 aromatic heterocycles. The fourth-order valence-corrected chi connectivity index (χ4v) is 6.04. The molecule has 2 atom stereocenters. The molecule has 2 aromatic carbocycles. The van der Waals surface area contributed by atoms with Gasteiger partial charge in [0.05, 0.1) is 23.4 Å². The maximum Gasteiger partial charge on any atom is 0.424 e. The molecule has 7 rings (SSSR count). The molecule has 0 unspecified atom stereocenters. The molecule has 4 aromatic rings. The van der Waals surface area contributed by atoms with Crippen LogP contribution in [0, 0.1) is 11.7 Å². The molecule has 0 radical (unpaired) electrons. The molecular weight excluding hydrogens is 594 g/mol. The highest BCUT2D eigenvalue weighted by molar-refractivity contribution is 5.98. The van der Waals surface area contributed by atoms with Crippen molar-refractivity contribution < 1.29 is 37.0 Å². The molecule has 0 saturated heterocycles. The lowest BCUT2D eigenvalue weighted by Gasteiger charge is -2.32. The fraction of sp³-hybridized carbons (Fsp3) is 0.344. The number of primary amides is 1. The van der Waals surface area contributed by atoms with E-state index in [9.17, 15) is 32.3 Å². The van der Waals surface area contributed by atoms with E-state index in [0.717, 1.165) is 36.7 Å². The number of hydrogen-bond donors (Lipinski definition) is 3. The number of nitrogens with zero attached hydrogens (tertiary/aromatic N) is 3. The first-order chi connectivity index (χ1) is 21.4. The Balaban J connectivity index is 1.28. The van der Waals surface area contributed by atoms with Gasteiger partial charge in [-0.2, -0.15) is 23.4 Å². The van der Waals surface area contributed by atoms with Crippen molar-refractivity contribution in [2.75, 3.05) is 13.2 Å². The van der Waals surface area contributed by atoms with E-state index in [1.54, 1.807) is 12.1 Å². The van der Waals surface area contributed by atoms with E-state index in [0.29, 0.717) is 29.7 Å². The first kappa shape index (κ1) is 29.1. The summed E-state index contributed by atoms with van der Waals surface area (Å²) in [6.07, 6.45) is -2.14. The number of carbonyl (C=O) groups is 2. The molecule has 2 aliphatic carbocycles. The summed E-state index contributed by atoms with van der Waals surface area (Å²) in [5, 5.41) is 22.5. The van der Waals surface area contributed by atoms with E-state index >= 15 is 0 Å². The number of alkyl halides is 3. The quantitative estimate of drug-likeness (QED) is 0.248. The Morgan fingerprint density at radius 1 is 1.02 bits per heavy atom. The maximum absolute atomic E-state index is 14.8. The van der Waals surface area contributed by atoms with Gasteiger partial charge < -0.3 is 20.9 Å².